The first kappa shape index (κ1) is 15.9. The third-order valence-corrected chi connectivity index (χ3v) is 3.19. The van der Waals surface area contributed by atoms with E-state index in [1.165, 1.54) is 44.9 Å². The predicted octanol–water partition coefficient (Wildman–Crippen LogP) is 4.38. The van der Waals surface area contributed by atoms with Gasteiger partial charge in [0.2, 0.25) is 0 Å². The van der Waals surface area contributed by atoms with Crippen molar-refractivity contribution in [3.05, 3.63) is 0 Å². The standard InChI is InChI=1S/C13H29NO2/c1-3-5-6-7-8-9-10-11-12-13(4-2)14(15)16/h13,15-16H,3-12H2,1-2H3. The molecule has 0 aliphatic carbocycles. The molecule has 0 aromatic heterocycles. The maximum atomic E-state index is 8.90. The van der Waals surface area contributed by atoms with Crippen LogP contribution in [-0.4, -0.2) is 21.7 Å². The smallest absolute Gasteiger partial charge is 0.0621 e. The van der Waals surface area contributed by atoms with Crippen LogP contribution in [0.2, 0.25) is 0 Å². The van der Waals surface area contributed by atoms with Crippen LogP contribution < -0.4 is 0 Å². The molecule has 0 radical (unpaired) electrons. The highest BCUT2D eigenvalue weighted by molar-refractivity contribution is 4.58. The minimum atomic E-state index is -0.0832. The first-order chi connectivity index (χ1) is 7.72. The van der Waals surface area contributed by atoms with Crippen molar-refractivity contribution in [2.75, 3.05) is 0 Å². The quantitative estimate of drug-likeness (QED) is 0.410. The highest BCUT2D eigenvalue weighted by Gasteiger charge is 2.11. The highest BCUT2D eigenvalue weighted by atomic mass is 16.8. The average molecular weight is 231 g/mol. The SMILES string of the molecule is CCCCCCCCCCC(CC)N(O)O. The van der Waals surface area contributed by atoms with Crippen LogP contribution >= 0.6 is 0 Å². The molecule has 0 heterocycles. The molecule has 0 rings (SSSR count). The molecule has 2 N–H and O–H groups in total. The van der Waals surface area contributed by atoms with E-state index in [2.05, 4.69) is 6.92 Å². The van der Waals surface area contributed by atoms with Gasteiger partial charge in [-0.15, -0.1) is 0 Å². The van der Waals surface area contributed by atoms with Crippen LogP contribution in [0.1, 0.15) is 78.1 Å². The van der Waals surface area contributed by atoms with Crippen molar-refractivity contribution in [2.24, 2.45) is 0 Å². The van der Waals surface area contributed by atoms with Gasteiger partial charge in [0.1, 0.15) is 0 Å². The lowest BCUT2D eigenvalue weighted by Gasteiger charge is -2.18. The Morgan fingerprint density at radius 3 is 1.75 bits per heavy atom. The molecule has 0 saturated carbocycles. The lowest BCUT2D eigenvalue weighted by Crippen LogP contribution is -2.28. The summed E-state index contributed by atoms with van der Waals surface area (Å²) in [5.74, 6) is 0. The van der Waals surface area contributed by atoms with Crippen LogP contribution in [0.5, 0.6) is 0 Å². The van der Waals surface area contributed by atoms with E-state index in [9.17, 15) is 0 Å². The van der Waals surface area contributed by atoms with Crippen LogP contribution in [0.15, 0.2) is 0 Å². The van der Waals surface area contributed by atoms with Gasteiger partial charge in [0.25, 0.3) is 0 Å². The summed E-state index contributed by atoms with van der Waals surface area (Å²) in [7, 11) is 0. The maximum absolute atomic E-state index is 8.90. The van der Waals surface area contributed by atoms with Crippen molar-refractivity contribution in [3.63, 3.8) is 0 Å². The third-order valence-electron chi connectivity index (χ3n) is 3.19. The van der Waals surface area contributed by atoms with Gasteiger partial charge in [0, 0.05) is 0 Å². The van der Waals surface area contributed by atoms with Crippen LogP contribution in [0.4, 0.5) is 0 Å². The molecule has 0 aromatic carbocycles. The second kappa shape index (κ2) is 11.4. The monoisotopic (exact) mass is 231 g/mol. The lowest BCUT2D eigenvalue weighted by atomic mass is 10.0. The number of rotatable bonds is 11. The van der Waals surface area contributed by atoms with Gasteiger partial charge in [-0.1, -0.05) is 70.4 Å². The molecule has 3 nitrogen and oxygen atoms in total. The minimum Gasteiger partial charge on any atom is -0.289 e. The van der Waals surface area contributed by atoms with Crippen molar-refractivity contribution >= 4 is 0 Å². The van der Waals surface area contributed by atoms with Gasteiger partial charge >= 0.3 is 0 Å². The summed E-state index contributed by atoms with van der Waals surface area (Å²) in [6.07, 6.45) is 12.0. The molecule has 1 atom stereocenters. The summed E-state index contributed by atoms with van der Waals surface area (Å²) in [5.41, 5.74) is 0. The molecule has 0 aromatic rings. The topological polar surface area (TPSA) is 43.7 Å². The zero-order valence-electron chi connectivity index (χ0n) is 11.0. The van der Waals surface area contributed by atoms with Crippen LogP contribution in [0.25, 0.3) is 0 Å². The molecule has 1 unspecified atom stereocenters. The Morgan fingerprint density at radius 1 is 0.812 bits per heavy atom. The fraction of sp³-hybridized carbons (Fsp3) is 1.00. The zero-order chi connectivity index (χ0) is 12.2. The van der Waals surface area contributed by atoms with Crippen molar-refractivity contribution in [2.45, 2.75) is 84.1 Å². The molecule has 0 amide bonds. The Hall–Kier alpha value is -0.120. The Bertz CT molecular complexity index is 140. The van der Waals surface area contributed by atoms with E-state index >= 15 is 0 Å². The van der Waals surface area contributed by atoms with E-state index in [1.807, 2.05) is 6.92 Å². The van der Waals surface area contributed by atoms with Gasteiger partial charge in [-0.2, -0.15) is 0 Å². The first-order valence-corrected chi connectivity index (χ1v) is 6.89. The molecule has 0 bridgehead atoms. The van der Waals surface area contributed by atoms with E-state index in [4.69, 9.17) is 10.4 Å². The van der Waals surface area contributed by atoms with Gasteiger partial charge in [-0.05, 0) is 12.8 Å². The molecule has 0 spiro atoms. The Balaban J connectivity index is 3.19. The van der Waals surface area contributed by atoms with E-state index in [1.54, 1.807) is 0 Å². The minimum absolute atomic E-state index is 0.0832. The fourth-order valence-corrected chi connectivity index (χ4v) is 2.00. The average Bonchev–Trinajstić information content (AvgIpc) is 2.26. The summed E-state index contributed by atoms with van der Waals surface area (Å²) in [5, 5.41) is 18.2. The molecule has 98 valence electrons. The molecule has 0 aliphatic heterocycles. The van der Waals surface area contributed by atoms with Crippen molar-refractivity contribution in [3.8, 4) is 0 Å². The summed E-state index contributed by atoms with van der Waals surface area (Å²) in [4.78, 5) is 0. The van der Waals surface area contributed by atoms with Crippen LogP contribution in [0.3, 0.4) is 0 Å². The zero-order valence-corrected chi connectivity index (χ0v) is 11.0. The Morgan fingerprint density at radius 2 is 1.31 bits per heavy atom. The van der Waals surface area contributed by atoms with Gasteiger partial charge in [-0.3, -0.25) is 10.4 Å². The van der Waals surface area contributed by atoms with E-state index < -0.39 is 0 Å². The number of hydrogen-bond donors (Lipinski definition) is 2. The summed E-state index contributed by atoms with van der Waals surface area (Å²) in [6.45, 7) is 4.22. The van der Waals surface area contributed by atoms with E-state index in [-0.39, 0.29) is 6.04 Å². The van der Waals surface area contributed by atoms with Crippen molar-refractivity contribution in [1.82, 2.24) is 5.23 Å². The second-order valence-electron chi connectivity index (χ2n) is 4.65. The molecule has 3 heteroatoms. The number of hydroxylamine groups is 2. The largest absolute Gasteiger partial charge is 0.289 e. The first-order valence-electron chi connectivity index (χ1n) is 6.89. The molecule has 0 aliphatic rings. The van der Waals surface area contributed by atoms with Gasteiger partial charge in [0.05, 0.1) is 6.04 Å². The molecule has 0 saturated heterocycles. The lowest BCUT2D eigenvalue weighted by molar-refractivity contribution is -0.333. The van der Waals surface area contributed by atoms with Gasteiger partial charge < -0.3 is 0 Å². The normalized spacial score (nSPS) is 13.3. The van der Waals surface area contributed by atoms with Crippen molar-refractivity contribution < 1.29 is 10.4 Å². The summed E-state index contributed by atoms with van der Waals surface area (Å²) >= 11 is 0. The van der Waals surface area contributed by atoms with Gasteiger partial charge in [0.15, 0.2) is 0 Å². The summed E-state index contributed by atoms with van der Waals surface area (Å²) in [6, 6.07) is -0.0832. The molecular weight excluding hydrogens is 202 g/mol. The summed E-state index contributed by atoms with van der Waals surface area (Å²) < 4.78 is 0. The van der Waals surface area contributed by atoms with E-state index in [0.29, 0.717) is 5.23 Å². The molecule has 16 heavy (non-hydrogen) atoms. The number of unbranched alkanes of at least 4 members (excludes halogenated alkanes) is 7. The van der Waals surface area contributed by atoms with Crippen LogP contribution in [0, 0.1) is 0 Å². The predicted molar refractivity (Wildman–Crippen MR) is 66.7 cm³/mol. The second-order valence-corrected chi connectivity index (χ2v) is 4.65. The third kappa shape index (κ3) is 9.13. The Kier molecular flexibility index (Phi) is 11.3. The van der Waals surface area contributed by atoms with Crippen molar-refractivity contribution in [1.29, 1.82) is 0 Å². The fourth-order valence-electron chi connectivity index (χ4n) is 2.00. The highest BCUT2D eigenvalue weighted by Crippen LogP contribution is 2.13. The number of hydrogen-bond acceptors (Lipinski definition) is 3. The van der Waals surface area contributed by atoms with Crippen LogP contribution in [-0.2, 0) is 0 Å². The van der Waals surface area contributed by atoms with Gasteiger partial charge in [-0.25, -0.2) is 0 Å². The molecule has 0 fully saturated rings. The maximum Gasteiger partial charge on any atom is 0.0621 e. The Labute approximate surface area is 100 Å². The molecular formula is C13H29NO2. The van der Waals surface area contributed by atoms with E-state index in [0.717, 1.165) is 19.3 Å². The number of nitrogens with zero attached hydrogens (tertiary/aromatic N) is 1.